The highest BCUT2D eigenvalue weighted by Gasteiger charge is 2.18. The lowest BCUT2D eigenvalue weighted by molar-refractivity contribution is -0.128. The molecule has 0 saturated heterocycles. The predicted octanol–water partition coefficient (Wildman–Crippen LogP) is 1.86. The maximum Gasteiger partial charge on any atom is 0.261 e. The zero-order valence-corrected chi connectivity index (χ0v) is 12.0. The first kappa shape index (κ1) is 15.5. The molecular weight excluding hydrogens is 240 g/mol. The summed E-state index contributed by atoms with van der Waals surface area (Å²) in [6, 6.07) is 7.71. The van der Waals surface area contributed by atoms with E-state index in [-0.39, 0.29) is 11.8 Å². The highest BCUT2D eigenvalue weighted by Crippen LogP contribution is 2.15. The van der Waals surface area contributed by atoms with Crippen LogP contribution >= 0.6 is 0 Å². The summed E-state index contributed by atoms with van der Waals surface area (Å²) in [7, 11) is 0. The number of rotatable bonds is 7. The average molecular weight is 264 g/mol. The number of hydrogen-bond acceptors (Lipinski definition) is 3. The molecule has 0 fully saturated rings. The monoisotopic (exact) mass is 264 g/mol. The summed E-state index contributed by atoms with van der Waals surface area (Å²) in [5.41, 5.74) is 6.64. The largest absolute Gasteiger partial charge is 0.481 e. The molecule has 0 aliphatic carbocycles. The lowest BCUT2D eigenvalue weighted by Gasteiger charge is -2.18. The maximum absolute atomic E-state index is 12.0. The lowest BCUT2D eigenvalue weighted by atomic mass is 10.1. The molecule has 0 aliphatic heterocycles. The number of ether oxygens (including phenoxy) is 1. The highest BCUT2D eigenvalue weighted by atomic mass is 16.5. The zero-order valence-electron chi connectivity index (χ0n) is 12.0. The van der Waals surface area contributed by atoms with Gasteiger partial charge in [0.25, 0.3) is 5.91 Å². The summed E-state index contributed by atoms with van der Waals surface area (Å²) < 4.78 is 5.73. The Balaban J connectivity index is 2.55. The zero-order chi connectivity index (χ0) is 14.3. The first-order valence-electron chi connectivity index (χ1n) is 6.77. The van der Waals surface area contributed by atoms with Crippen LogP contribution in [0.25, 0.3) is 0 Å². The molecule has 0 radical (unpaired) electrons. The summed E-state index contributed by atoms with van der Waals surface area (Å²) in [6.07, 6.45) is 0.184. The van der Waals surface area contributed by atoms with Crippen molar-refractivity contribution in [2.24, 2.45) is 11.7 Å². The molecule has 1 aromatic rings. The van der Waals surface area contributed by atoms with E-state index in [2.05, 4.69) is 5.32 Å². The van der Waals surface area contributed by atoms with Crippen LogP contribution in [-0.4, -0.2) is 25.1 Å². The molecule has 0 bridgehead atoms. The third-order valence-corrected chi connectivity index (χ3v) is 2.96. The maximum atomic E-state index is 12.0. The fraction of sp³-hybridized carbons (Fsp3) is 0.533. The first-order chi connectivity index (χ1) is 9.06. The number of hydrogen-bond donors (Lipinski definition) is 2. The minimum absolute atomic E-state index is 0.0793. The molecule has 0 spiro atoms. The minimum atomic E-state index is -0.452. The number of amides is 1. The van der Waals surface area contributed by atoms with Crippen LogP contribution in [0.1, 0.15) is 25.8 Å². The van der Waals surface area contributed by atoms with Gasteiger partial charge in [0.2, 0.25) is 0 Å². The topological polar surface area (TPSA) is 64.3 Å². The molecule has 0 heterocycles. The van der Waals surface area contributed by atoms with E-state index in [9.17, 15) is 4.79 Å². The van der Waals surface area contributed by atoms with Crippen molar-refractivity contribution in [3.63, 3.8) is 0 Å². The Morgan fingerprint density at radius 2 is 2.21 bits per heavy atom. The number of nitrogens with two attached hydrogens (primary N) is 1. The molecule has 1 amide bonds. The summed E-state index contributed by atoms with van der Waals surface area (Å²) >= 11 is 0. The van der Waals surface area contributed by atoms with Gasteiger partial charge in [-0.2, -0.15) is 0 Å². The third-order valence-electron chi connectivity index (χ3n) is 2.96. The second kappa shape index (κ2) is 7.79. The Morgan fingerprint density at radius 3 is 2.79 bits per heavy atom. The van der Waals surface area contributed by atoms with E-state index in [1.807, 2.05) is 45.0 Å². The smallest absolute Gasteiger partial charge is 0.261 e. The number of aryl methyl sites for hydroxylation is 1. The normalized spacial score (nSPS) is 13.7. The van der Waals surface area contributed by atoms with Crippen LogP contribution < -0.4 is 15.8 Å². The van der Waals surface area contributed by atoms with Crippen LogP contribution in [0.3, 0.4) is 0 Å². The lowest BCUT2D eigenvalue weighted by Crippen LogP contribution is -2.40. The van der Waals surface area contributed by atoms with E-state index >= 15 is 0 Å². The number of benzene rings is 1. The van der Waals surface area contributed by atoms with Gasteiger partial charge >= 0.3 is 0 Å². The molecule has 1 aromatic carbocycles. The van der Waals surface area contributed by atoms with Gasteiger partial charge in [0.1, 0.15) is 5.75 Å². The molecule has 3 N–H and O–H groups in total. The van der Waals surface area contributed by atoms with Crippen LogP contribution in [0.4, 0.5) is 0 Å². The van der Waals surface area contributed by atoms with Gasteiger partial charge in [-0.1, -0.05) is 26.0 Å². The van der Waals surface area contributed by atoms with Crippen LogP contribution in [0.2, 0.25) is 0 Å². The van der Waals surface area contributed by atoms with E-state index in [0.717, 1.165) is 11.3 Å². The minimum Gasteiger partial charge on any atom is -0.481 e. The van der Waals surface area contributed by atoms with Gasteiger partial charge in [-0.25, -0.2) is 0 Å². The van der Waals surface area contributed by atoms with Crippen LogP contribution in [0.5, 0.6) is 5.75 Å². The third kappa shape index (κ3) is 5.30. The van der Waals surface area contributed by atoms with E-state index in [4.69, 9.17) is 10.5 Å². The van der Waals surface area contributed by atoms with Gasteiger partial charge in [0, 0.05) is 6.54 Å². The van der Waals surface area contributed by atoms with Gasteiger partial charge in [-0.3, -0.25) is 4.79 Å². The van der Waals surface area contributed by atoms with Crippen LogP contribution in [0, 0.1) is 12.8 Å². The Labute approximate surface area is 115 Å². The highest BCUT2D eigenvalue weighted by molar-refractivity contribution is 5.81. The van der Waals surface area contributed by atoms with Crippen LogP contribution in [-0.2, 0) is 4.79 Å². The molecule has 0 aromatic heterocycles. The SMILES string of the molecule is CCC(Oc1cccc(C)c1)C(=O)NCC(C)CN. The van der Waals surface area contributed by atoms with Gasteiger partial charge in [-0.15, -0.1) is 0 Å². The second-order valence-electron chi connectivity index (χ2n) is 4.92. The summed E-state index contributed by atoms with van der Waals surface area (Å²) in [5.74, 6) is 0.929. The molecule has 4 nitrogen and oxygen atoms in total. The predicted molar refractivity (Wildman–Crippen MR) is 77.1 cm³/mol. The molecule has 0 aliphatic rings. The first-order valence-corrected chi connectivity index (χ1v) is 6.77. The molecular formula is C15H24N2O2. The quantitative estimate of drug-likeness (QED) is 0.790. The standard InChI is InChI=1S/C15H24N2O2/c1-4-14(15(18)17-10-12(3)9-16)19-13-7-5-6-11(2)8-13/h5-8,12,14H,4,9-10,16H2,1-3H3,(H,17,18). The van der Waals surface area contributed by atoms with E-state index in [1.54, 1.807) is 0 Å². The van der Waals surface area contributed by atoms with Gasteiger partial charge in [0.15, 0.2) is 6.10 Å². The van der Waals surface area contributed by atoms with E-state index in [1.165, 1.54) is 0 Å². The molecule has 106 valence electrons. The molecule has 1 rings (SSSR count). The van der Waals surface area contributed by atoms with Crippen molar-refractivity contribution < 1.29 is 9.53 Å². The Bertz CT molecular complexity index is 407. The second-order valence-corrected chi connectivity index (χ2v) is 4.92. The summed E-state index contributed by atoms with van der Waals surface area (Å²) in [4.78, 5) is 12.0. The van der Waals surface area contributed by atoms with Crippen LogP contribution in [0.15, 0.2) is 24.3 Å². The van der Waals surface area contributed by atoms with E-state index in [0.29, 0.717) is 19.5 Å². The van der Waals surface area contributed by atoms with Gasteiger partial charge in [-0.05, 0) is 43.5 Å². The fourth-order valence-electron chi connectivity index (χ4n) is 1.65. The molecule has 2 unspecified atom stereocenters. The Hall–Kier alpha value is -1.55. The Morgan fingerprint density at radius 1 is 1.47 bits per heavy atom. The molecule has 19 heavy (non-hydrogen) atoms. The van der Waals surface area contributed by atoms with Gasteiger partial charge in [0.05, 0.1) is 0 Å². The molecule has 2 atom stereocenters. The van der Waals surface area contributed by atoms with Crippen molar-refractivity contribution in [1.82, 2.24) is 5.32 Å². The number of carbonyl (C=O) groups excluding carboxylic acids is 1. The number of nitrogens with one attached hydrogen (secondary N) is 1. The van der Waals surface area contributed by atoms with Crippen molar-refractivity contribution in [1.29, 1.82) is 0 Å². The van der Waals surface area contributed by atoms with E-state index < -0.39 is 6.10 Å². The summed E-state index contributed by atoms with van der Waals surface area (Å²) in [6.45, 7) is 7.09. The van der Waals surface area contributed by atoms with Crippen molar-refractivity contribution in [2.45, 2.75) is 33.3 Å². The number of carbonyl (C=O) groups is 1. The molecule has 4 heteroatoms. The fourth-order valence-corrected chi connectivity index (χ4v) is 1.65. The van der Waals surface area contributed by atoms with Gasteiger partial charge < -0.3 is 15.8 Å². The van der Waals surface area contributed by atoms with Crippen molar-refractivity contribution in [3.8, 4) is 5.75 Å². The average Bonchev–Trinajstić information content (AvgIpc) is 2.41. The Kier molecular flexibility index (Phi) is 6.36. The summed E-state index contributed by atoms with van der Waals surface area (Å²) in [5, 5.41) is 2.88. The van der Waals surface area contributed by atoms with Crippen molar-refractivity contribution in [3.05, 3.63) is 29.8 Å². The molecule has 0 saturated carbocycles. The van der Waals surface area contributed by atoms with Crippen molar-refractivity contribution in [2.75, 3.05) is 13.1 Å². The van der Waals surface area contributed by atoms with Crippen molar-refractivity contribution >= 4 is 5.91 Å².